The smallest absolute Gasteiger partial charge is 0.251 e. The number of carbonyl (C=O) groups is 1. The molecule has 1 amide bonds. The van der Waals surface area contributed by atoms with Crippen molar-refractivity contribution in [3.05, 3.63) is 51.0 Å². The van der Waals surface area contributed by atoms with Crippen LogP contribution in [0.25, 0.3) is 0 Å². The lowest BCUT2D eigenvalue weighted by Gasteiger charge is -2.11. The molecule has 0 aliphatic rings. The van der Waals surface area contributed by atoms with Crippen LogP contribution in [0.2, 0.25) is 0 Å². The fourth-order valence-electron chi connectivity index (χ4n) is 2.49. The van der Waals surface area contributed by atoms with Crippen molar-refractivity contribution in [1.82, 2.24) is 20.9 Å². The molecule has 2 rings (SSSR count). The van der Waals surface area contributed by atoms with E-state index in [-0.39, 0.29) is 29.9 Å². The number of aromatic nitrogens is 1. The third-order valence-electron chi connectivity index (χ3n) is 4.05. The Bertz CT molecular complexity index is 756. The van der Waals surface area contributed by atoms with E-state index in [9.17, 15) is 4.79 Å². The second kappa shape index (κ2) is 11.9. The molecule has 0 unspecified atom stereocenters. The molecule has 3 N–H and O–H groups in total. The molecule has 6 nitrogen and oxygen atoms in total. The summed E-state index contributed by atoms with van der Waals surface area (Å²) >= 11 is 1.75. The first-order valence-electron chi connectivity index (χ1n) is 8.72. The van der Waals surface area contributed by atoms with Gasteiger partial charge in [0, 0.05) is 44.0 Å². The average molecular weight is 501 g/mol. The van der Waals surface area contributed by atoms with Gasteiger partial charge in [-0.1, -0.05) is 12.1 Å². The molecular formula is C19H28IN5OS. The van der Waals surface area contributed by atoms with E-state index in [1.807, 2.05) is 31.2 Å². The van der Waals surface area contributed by atoms with Crippen LogP contribution in [-0.4, -0.2) is 44.0 Å². The number of hydrogen-bond acceptors (Lipinski definition) is 4. The van der Waals surface area contributed by atoms with Crippen molar-refractivity contribution in [3.8, 4) is 0 Å². The normalized spacial score (nSPS) is 10.9. The molecule has 1 aromatic carbocycles. The third-order valence-corrected chi connectivity index (χ3v) is 5.18. The number of carbonyl (C=O) groups excluding carboxylic acids is 1. The Balaban J connectivity index is 0.00000364. The van der Waals surface area contributed by atoms with Crippen LogP contribution in [0, 0.1) is 13.8 Å². The molecule has 0 radical (unpaired) electrons. The Labute approximate surface area is 182 Å². The molecule has 1 heterocycles. The highest BCUT2D eigenvalue weighted by Gasteiger charge is 2.05. The number of thiazole rings is 1. The maximum atomic E-state index is 11.7. The summed E-state index contributed by atoms with van der Waals surface area (Å²) in [7, 11) is 3.40. The molecule has 0 saturated heterocycles. The van der Waals surface area contributed by atoms with E-state index >= 15 is 0 Å². The lowest BCUT2D eigenvalue weighted by atomic mass is 10.1. The first-order chi connectivity index (χ1) is 12.5. The molecule has 1 aromatic heterocycles. The van der Waals surface area contributed by atoms with Crippen LogP contribution in [0.5, 0.6) is 0 Å². The summed E-state index contributed by atoms with van der Waals surface area (Å²) in [4.78, 5) is 21.8. The lowest BCUT2D eigenvalue weighted by molar-refractivity contribution is 0.0963. The molecule has 0 atom stereocenters. The van der Waals surface area contributed by atoms with E-state index in [1.54, 1.807) is 25.4 Å². The number of benzene rings is 1. The lowest BCUT2D eigenvalue weighted by Crippen LogP contribution is -2.39. The van der Waals surface area contributed by atoms with Crippen LogP contribution in [-0.2, 0) is 12.8 Å². The van der Waals surface area contributed by atoms with Gasteiger partial charge in [-0.2, -0.15) is 0 Å². The van der Waals surface area contributed by atoms with Crippen LogP contribution in [0.4, 0.5) is 0 Å². The monoisotopic (exact) mass is 501 g/mol. The Morgan fingerprint density at radius 3 is 2.48 bits per heavy atom. The highest BCUT2D eigenvalue weighted by atomic mass is 127. The van der Waals surface area contributed by atoms with Gasteiger partial charge in [-0.25, -0.2) is 4.98 Å². The second-order valence-corrected chi connectivity index (χ2v) is 7.24. The van der Waals surface area contributed by atoms with Crippen molar-refractivity contribution >= 4 is 47.2 Å². The van der Waals surface area contributed by atoms with Gasteiger partial charge in [0.2, 0.25) is 0 Å². The first kappa shape index (κ1) is 23.4. The number of aliphatic imine (C=N–C) groups is 1. The summed E-state index contributed by atoms with van der Waals surface area (Å²) in [5.41, 5.74) is 2.91. The van der Waals surface area contributed by atoms with Crippen LogP contribution in [0.3, 0.4) is 0 Å². The predicted molar refractivity (Wildman–Crippen MR) is 124 cm³/mol. The zero-order valence-corrected chi connectivity index (χ0v) is 19.4. The van der Waals surface area contributed by atoms with Crippen molar-refractivity contribution in [1.29, 1.82) is 0 Å². The summed E-state index contributed by atoms with van der Waals surface area (Å²) < 4.78 is 0. The Hall–Kier alpha value is -1.68. The molecule has 0 saturated carbocycles. The number of halogens is 1. The molecule has 27 heavy (non-hydrogen) atoms. The summed E-state index contributed by atoms with van der Waals surface area (Å²) in [6, 6.07) is 7.67. The van der Waals surface area contributed by atoms with Crippen LogP contribution in [0.1, 0.15) is 31.5 Å². The minimum atomic E-state index is -0.0649. The predicted octanol–water partition coefficient (Wildman–Crippen LogP) is 2.69. The molecule has 148 valence electrons. The van der Waals surface area contributed by atoms with Gasteiger partial charge < -0.3 is 16.0 Å². The average Bonchev–Trinajstić information content (AvgIpc) is 2.97. The maximum Gasteiger partial charge on any atom is 0.251 e. The number of nitrogens with zero attached hydrogens (tertiary/aromatic N) is 2. The molecular weight excluding hydrogens is 473 g/mol. The molecule has 0 spiro atoms. The SMILES string of the molecule is CN=C(NCCc1cccc(C(=O)NC)c1)NCCc1nc(C)c(C)s1.I. The van der Waals surface area contributed by atoms with Crippen LogP contribution < -0.4 is 16.0 Å². The van der Waals surface area contributed by atoms with Gasteiger partial charge in [-0.3, -0.25) is 9.79 Å². The van der Waals surface area contributed by atoms with E-state index in [0.29, 0.717) is 5.56 Å². The van der Waals surface area contributed by atoms with E-state index in [4.69, 9.17) is 0 Å². The molecule has 0 aliphatic carbocycles. The fourth-order valence-corrected chi connectivity index (χ4v) is 3.43. The van der Waals surface area contributed by atoms with Gasteiger partial charge in [0.1, 0.15) is 0 Å². The van der Waals surface area contributed by atoms with E-state index < -0.39 is 0 Å². The summed E-state index contributed by atoms with van der Waals surface area (Å²) in [5.74, 6) is 0.711. The maximum absolute atomic E-state index is 11.7. The zero-order valence-electron chi connectivity index (χ0n) is 16.3. The van der Waals surface area contributed by atoms with Crippen molar-refractivity contribution in [3.63, 3.8) is 0 Å². The van der Waals surface area contributed by atoms with Gasteiger partial charge in [0.05, 0.1) is 10.7 Å². The van der Waals surface area contributed by atoms with E-state index in [0.717, 1.165) is 48.2 Å². The van der Waals surface area contributed by atoms with Gasteiger partial charge in [-0.05, 0) is 38.0 Å². The molecule has 2 aromatic rings. The van der Waals surface area contributed by atoms with Crippen LogP contribution >= 0.6 is 35.3 Å². The molecule has 0 aliphatic heterocycles. The Kier molecular flexibility index (Phi) is 10.3. The number of guanidine groups is 1. The van der Waals surface area contributed by atoms with Crippen molar-refractivity contribution in [2.24, 2.45) is 4.99 Å². The van der Waals surface area contributed by atoms with Gasteiger partial charge >= 0.3 is 0 Å². The first-order valence-corrected chi connectivity index (χ1v) is 9.53. The zero-order chi connectivity index (χ0) is 18.9. The number of nitrogens with one attached hydrogen (secondary N) is 3. The number of aryl methyl sites for hydroxylation is 2. The number of hydrogen-bond donors (Lipinski definition) is 3. The van der Waals surface area contributed by atoms with E-state index in [2.05, 4.69) is 32.9 Å². The standard InChI is InChI=1S/C19H27N5OS.HI/c1-13-14(2)26-17(24-13)9-11-23-19(21-4)22-10-8-15-6-5-7-16(12-15)18(25)20-3;/h5-7,12H,8-11H2,1-4H3,(H,20,25)(H2,21,22,23);1H. The largest absolute Gasteiger partial charge is 0.356 e. The Morgan fingerprint density at radius 2 is 1.89 bits per heavy atom. The molecule has 0 bridgehead atoms. The quantitative estimate of drug-likeness (QED) is 0.310. The van der Waals surface area contributed by atoms with Crippen molar-refractivity contribution < 1.29 is 4.79 Å². The minimum Gasteiger partial charge on any atom is -0.356 e. The summed E-state index contributed by atoms with van der Waals surface area (Å²) in [6.07, 6.45) is 1.70. The second-order valence-electron chi connectivity index (χ2n) is 5.95. The highest BCUT2D eigenvalue weighted by molar-refractivity contribution is 14.0. The summed E-state index contributed by atoms with van der Waals surface area (Å²) in [5, 5.41) is 10.4. The number of amides is 1. The number of rotatable bonds is 7. The van der Waals surface area contributed by atoms with E-state index in [1.165, 1.54) is 4.88 Å². The van der Waals surface area contributed by atoms with Crippen LogP contribution in [0.15, 0.2) is 29.3 Å². The minimum absolute atomic E-state index is 0. The highest BCUT2D eigenvalue weighted by Crippen LogP contribution is 2.16. The Morgan fingerprint density at radius 1 is 1.19 bits per heavy atom. The summed E-state index contributed by atoms with van der Waals surface area (Å²) in [6.45, 7) is 5.68. The van der Waals surface area contributed by atoms with Gasteiger partial charge in [0.15, 0.2) is 5.96 Å². The van der Waals surface area contributed by atoms with Gasteiger partial charge in [-0.15, -0.1) is 35.3 Å². The van der Waals surface area contributed by atoms with Crippen molar-refractivity contribution in [2.45, 2.75) is 26.7 Å². The topological polar surface area (TPSA) is 78.4 Å². The fraction of sp³-hybridized carbons (Fsp3) is 0.421. The molecule has 0 fully saturated rings. The van der Waals surface area contributed by atoms with Gasteiger partial charge in [0.25, 0.3) is 5.91 Å². The van der Waals surface area contributed by atoms with Crippen molar-refractivity contribution in [2.75, 3.05) is 27.2 Å². The third kappa shape index (κ3) is 7.45. The molecule has 8 heteroatoms.